The number of nitrogens with zero attached hydrogens (tertiary/aromatic N) is 3. The van der Waals surface area contributed by atoms with E-state index in [2.05, 4.69) is 0 Å². The number of ether oxygens (including phenoxy) is 1. The molecule has 0 saturated carbocycles. The van der Waals surface area contributed by atoms with Crippen molar-refractivity contribution in [3.63, 3.8) is 0 Å². The van der Waals surface area contributed by atoms with Crippen LogP contribution in [0, 0.1) is 17.2 Å². The Bertz CT molecular complexity index is 962. The number of anilines is 2. The largest absolute Gasteiger partial charge is 0.457 e. The molecule has 0 bridgehead atoms. The van der Waals surface area contributed by atoms with Crippen molar-refractivity contribution in [2.45, 2.75) is 12.8 Å². The van der Waals surface area contributed by atoms with Crippen LogP contribution in [0.4, 0.5) is 11.4 Å². The number of hydrogen-bond donors (Lipinski definition) is 0. The average Bonchev–Trinajstić information content (AvgIpc) is 3.12. The monoisotopic (exact) mass is 403 g/mol. The van der Waals surface area contributed by atoms with Crippen LogP contribution in [-0.4, -0.2) is 52.4 Å². The molecule has 1 aromatic carbocycles. The second-order valence-corrected chi connectivity index (χ2v) is 9.20. The molecule has 9 heteroatoms. The maximum absolute atomic E-state index is 12.5. The highest BCUT2D eigenvalue weighted by Gasteiger charge is 2.32. The van der Waals surface area contributed by atoms with Crippen LogP contribution < -0.4 is 9.80 Å². The lowest BCUT2D eigenvalue weighted by atomic mass is 10.1. The van der Waals surface area contributed by atoms with Crippen molar-refractivity contribution in [2.24, 2.45) is 5.92 Å². The summed E-state index contributed by atoms with van der Waals surface area (Å²) >= 11 is 0. The van der Waals surface area contributed by atoms with Crippen LogP contribution in [0.1, 0.15) is 12.8 Å². The number of nitriles is 1. The minimum absolute atomic E-state index is 0.0304. The third kappa shape index (κ3) is 3.87. The van der Waals surface area contributed by atoms with E-state index < -0.39 is 28.2 Å². The fourth-order valence-electron chi connectivity index (χ4n) is 3.60. The van der Waals surface area contributed by atoms with Gasteiger partial charge in [0.2, 0.25) is 5.78 Å². The van der Waals surface area contributed by atoms with E-state index in [1.165, 1.54) is 0 Å². The number of carbonyl (C=O) groups is 2. The minimum atomic E-state index is -3.08. The highest BCUT2D eigenvalue weighted by atomic mass is 32.2. The summed E-state index contributed by atoms with van der Waals surface area (Å²) in [7, 11) is 0.442. The Kier molecular flexibility index (Phi) is 5.42. The Labute approximate surface area is 163 Å². The predicted octanol–water partition coefficient (Wildman–Crippen LogP) is 1.24. The van der Waals surface area contributed by atoms with Crippen LogP contribution in [0.3, 0.4) is 0 Å². The summed E-state index contributed by atoms with van der Waals surface area (Å²) in [5, 5.41) is 9.53. The molecule has 0 amide bonds. The van der Waals surface area contributed by atoms with Gasteiger partial charge >= 0.3 is 5.97 Å². The molecule has 0 radical (unpaired) electrons. The molecule has 1 fully saturated rings. The van der Waals surface area contributed by atoms with Crippen molar-refractivity contribution < 1.29 is 22.7 Å². The van der Waals surface area contributed by atoms with Gasteiger partial charge in [-0.2, -0.15) is 5.26 Å². The average molecular weight is 403 g/mol. The third-order valence-corrected chi connectivity index (χ3v) is 6.84. The van der Waals surface area contributed by atoms with Crippen molar-refractivity contribution in [1.82, 2.24) is 0 Å². The summed E-state index contributed by atoms with van der Waals surface area (Å²) in [5.41, 5.74) is 1.62. The van der Waals surface area contributed by atoms with Gasteiger partial charge in [0.1, 0.15) is 17.5 Å². The van der Waals surface area contributed by atoms with Crippen LogP contribution in [0.2, 0.25) is 0 Å². The molecule has 2 aliphatic rings. The zero-order valence-electron chi connectivity index (χ0n) is 15.7. The predicted molar refractivity (Wildman–Crippen MR) is 103 cm³/mol. The van der Waals surface area contributed by atoms with E-state index in [4.69, 9.17) is 4.74 Å². The van der Waals surface area contributed by atoms with Crippen LogP contribution in [0.5, 0.6) is 0 Å². The molecule has 1 saturated heterocycles. The molecule has 148 valence electrons. The molecular weight excluding hydrogens is 382 g/mol. The number of ketones is 1. The van der Waals surface area contributed by atoms with Gasteiger partial charge < -0.3 is 14.5 Å². The van der Waals surface area contributed by atoms with Crippen LogP contribution in [0.25, 0.3) is 0 Å². The molecule has 1 atom stereocenters. The van der Waals surface area contributed by atoms with Crippen molar-refractivity contribution in [2.75, 3.05) is 42.0 Å². The Hall–Kier alpha value is -2.86. The summed E-state index contributed by atoms with van der Waals surface area (Å²) in [4.78, 5) is 28.0. The molecule has 2 heterocycles. The van der Waals surface area contributed by atoms with Crippen molar-refractivity contribution in [1.29, 1.82) is 5.26 Å². The zero-order valence-corrected chi connectivity index (χ0v) is 16.5. The molecule has 0 aromatic heterocycles. The third-order valence-electron chi connectivity index (χ3n) is 5.00. The molecular formula is C19H21N3O5S. The van der Waals surface area contributed by atoms with E-state index in [1.54, 1.807) is 23.9 Å². The summed E-state index contributed by atoms with van der Waals surface area (Å²) < 4.78 is 27.9. The lowest BCUT2D eigenvalue weighted by Gasteiger charge is -2.19. The first kappa shape index (κ1) is 19.9. The Balaban J connectivity index is 1.67. The molecule has 0 aliphatic carbocycles. The number of hydrogen-bond acceptors (Lipinski definition) is 8. The highest BCUT2D eigenvalue weighted by Crippen LogP contribution is 2.40. The van der Waals surface area contributed by atoms with Gasteiger partial charge in [-0.05, 0) is 24.5 Å². The van der Waals surface area contributed by atoms with Gasteiger partial charge in [0.25, 0.3) is 0 Å². The highest BCUT2D eigenvalue weighted by molar-refractivity contribution is 7.91. The molecule has 1 unspecified atom stereocenters. The van der Waals surface area contributed by atoms with Gasteiger partial charge in [0.05, 0.1) is 22.9 Å². The van der Waals surface area contributed by atoms with Gasteiger partial charge in [-0.25, -0.2) is 8.42 Å². The summed E-state index contributed by atoms with van der Waals surface area (Å²) in [6.07, 6.45) is 0.378. The number of Topliss-reactive ketones (excluding diaryl/α,β-unsaturated/α-hetero) is 1. The first-order chi connectivity index (χ1) is 13.2. The van der Waals surface area contributed by atoms with E-state index in [9.17, 15) is 23.3 Å². The van der Waals surface area contributed by atoms with Crippen molar-refractivity contribution in [3.8, 4) is 6.07 Å². The Morgan fingerprint density at radius 3 is 2.32 bits per heavy atom. The topological polar surface area (TPSA) is 108 Å². The number of para-hydroxylation sites is 2. The standard InChI is InChI=1S/C19H21N3O5S/c1-21-15-5-3-4-6-16(15)22(2)19(21)14(10-20)17(23)11-27-18(24)9-13-7-8-28(25,26)12-13/h3-6,13H,7-9,11-12H2,1-2H3. The fraction of sp³-hybridized carbons (Fsp3) is 0.421. The molecule has 8 nitrogen and oxygen atoms in total. The second-order valence-electron chi connectivity index (χ2n) is 6.97. The minimum Gasteiger partial charge on any atom is -0.457 e. The van der Waals surface area contributed by atoms with Gasteiger partial charge in [0.15, 0.2) is 16.4 Å². The summed E-state index contributed by atoms with van der Waals surface area (Å²) in [5.74, 6) is -1.04. The fourth-order valence-corrected chi connectivity index (χ4v) is 5.46. The summed E-state index contributed by atoms with van der Waals surface area (Å²) in [6, 6.07) is 9.42. The van der Waals surface area contributed by atoms with Crippen LogP contribution in [0.15, 0.2) is 35.7 Å². The quantitative estimate of drug-likeness (QED) is 0.411. The lowest BCUT2D eigenvalue weighted by molar-refractivity contribution is -0.147. The van der Waals surface area contributed by atoms with Crippen molar-refractivity contribution in [3.05, 3.63) is 35.7 Å². The normalized spacial score (nSPS) is 19.9. The van der Waals surface area contributed by atoms with E-state index in [1.807, 2.05) is 30.3 Å². The maximum atomic E-state index is 12.5. The van der Waals surface area contributed by atoms with Crippen LogP contribution >= 0.6 is 0 Å². The molecule has 2 aliphatic heterocycles. The number of sulfone groups is 1. The van der Waals surface area contributed by atoms with Gasteiger partial charge in [-0.15, -0.1) is 0 Å². The Morgan fingerprint density at radius 2 is 1.82 bits per heavy atom. The van der Waals surface area contributed by atoms with Crippen molar-refractivity contribution >= 4 is 33.0 Å². The SMILES string of the molecule is CN1C(=C(C#N)C(=O)COC(=O)CC2CCS(=O)(=O)C2)N(C)c2ccccc21. The maximum Gasteiger partial charge on any atom is 0.306 e. The molecule has 28 heavy (non-hydrogen) atoms. The smallest absolute Gasteiger partial charge is 0.306 e. The number of carbonyl (C=O) groups excluding carboxylic acids is 2. The van der Waals surface area contributed by atoms with Crippen LogP contribution in [-0.2, 0) is 24.2 Å². The zero-order chi connectivity index (χ0) is 20.5. The van der Waals surface area contributed by atoms with Gasteiger partial charge in [0, 0.05) is 20.5 Å². The molecule has 0 N–H and O–H groups in total. The van der Waals surface area contributed by atoms with Gasteiger partial charge in [-0.3, -0.25) is 9.59 Å². The number of rotatable bonds is 5. The first-order valence-electron chi connectivity index (χ1n) is 8.83. The molecule has 3 rings (SSSR count). The molecule has 1 aromatic rings. The second kappa shape index (κ2) is 7.64. The van der Waals surface area contributed by atoms with Gasteiger partial charge in [-0.1, -0.05) is 12.1 Å². The molecule has 0 spiro atoms. The number of benzene rings is 1. The first-order valence-corrected chi connectivity index (χ1v) is 10.7. The van der Waals surface area contributed by atoms with E-state index >= 15 is 0 Å². The summed E-state index contributed by atoms with van der Waals surface area (Å²) in [6.45, 7) is -0.553. The number of fused-ring (bicyclic) bond motifs is 1. The van der Waals surface area contributed by atoms with E-state index in [0.717, 1.165) is 11.4 Å². The number of esters is 1. The van der Waals surface area contributed by atoms with E-state index in [-0.39, 0.29) is 29.4 Å². The lowest BCUT2D eigenvalue weighted by Crippen LogP contribution is -2.28. The van der Waals surface area contributed by atoms with E-state index in [0.29, 0.717) is 12.2 Å². The Morgan fingerprint density at radius 1 is 1.21 bits per heavy atom.